The van der Waals surface area contributed by atoms with Crippen molar-refractivity contribution in [3.05, 3.63) is 66.7 Å². The zero-order valence-corrected chi connectivity index (χ0v) is 15.8. The van der Waals surface area contributed by atoms with Crippen LogP contribution in [0.15, 0.2) is 66.7 Å². The molecular weight excluding hydrogens is 322 g/mol. The second kappa shape index (κ2) is 11.1. The molecule has 1 atom stereocenters. The third-order valence-electron chi connectivity index (χ3n) is 4.37. The maximum Gasteiger partial charge on any atom is 0.227 e. The molecule has 0 spiro atoms. The predicted octanol–water partition coefficient (Wildman–Crippen LogP) is 6.58. The van der Waals surface area contributed by atoms with Crippen LogP contribution in [0.4, 0.5) is 5.69 Å². The Bertz CT molecular complexity index is 677. The number of ether oxygens (including phenoxy) is 1. The van der Waals surface area contributed by atoms with E-state index in [4.69, 9.17) is 4.74 Å². The molecular formula is C23H29NO2. The molecule has 138 valence electrons. The van der Waals surface area contributed by atoms with Crippen LogP contribution in [-0.2, 0) is 4.79 Å². The third-order valence-corrected chi connectivity index (χ3v) is 4.37. The van der Waals surface area contributed by atoms with Crippen LogP contribution in [0.1, 0.15) is 46.0 Å². The standard InChI is InChI=1S/C23H29NO2/c1-3-5-6-7-9-12-19(4-2)23(25)24-20-15-17-22(18-16-20)26-21-13-10-8-11-14-21/h3,5,8,10-11,13-19H,4,6-7,9,12H2,1-2H3,(H,24,25). The lowest BCUT2D eigenvalue weighted by atomic mass is 9.97. The van der Waals surface area contributed by atoms with Gasteiger partial charge in [0.25, 0.3) is 0 Å². The second-order valence-corrected chi connectivity index (χ2v) is 6.39. The topological polar surface area (TPSA) is 38.3 Å². The van der Waals surface area contributed by atoms with Crippen LogP contribution in [0, 0.1) is 5.92 Å². The number of unbranched alkanes of at least 4 members (excludes halogenated alkanes) is 2. The van der Waals surface area contributed by atoms with Gasteiger partial charge >= 0.3 is 0 Å². The van der Waals surface area contributed by atoms with E-state index in [0.717, 1.165) is 49.3 Å². The molecule has 2 aromatic carbocycles. The van der Waals surface area contributed by atoms with Crippen molar-refractivity contribution in [1.29, 1.82) is 0 Å². The van der Waals surface area contributed by atoms with Gasteiger partial charge in [-0.15, -0.1) is 0 Å². The van der Waals surface area contributed by atoms with Gasteiger partial charge in [0.1, 0.15) is 11.5 Å². The molecule has 1 unspecified atom stereocenters. The summed E-state index contributed by atoms with van der Waals surface area (Å²) in [5.41, 5.74) is 0.808. The number of nitrogens with one attached hydrogen (secondary N) is 1. The van der Waals surface area contributed by atoms with Gasteiger partial charge in [-0.25, -0.2) is 0 Å². The summed E-state index contributed by atoms with van der Waals surface area (Å²) in [6.45, 7) is 4.12. The summed E-state index contributed by atoms with van der Waals surface area (Å²) in [6.07, 6.45) is 9.38. The molecule has 0 aliphatic carbocycles. The number of allylic oxidation sites excluding steroid dienone is 2. The van der Waals surface area contributed by atoms with Gasteiger partial charge in [-0.2, -0.15) is 0 Å². The first-order valence-electron chi connectivity index (χ1n) is 9.48. The minimum absolute atomic E-state index is 0.0702. The Morgan fingerprint density at radius 3 is 2.38 bits per heavy atom. The lowest BCUT2D eigenvalue weighted by Crippen LogP contribution is -2.22. The van der Waals surface area contributed by atoms with Crippen molar-refractivity contribution in [2.75, 3.05) is 5.32 Å². The Morgan fingerprint density at radius 2 is 1.73 bits per heavy atom. The summed E-state index contributed by atoms with van der Waals surface area (Å²) >= 11 is 0. The van der Waals surface area contributed by atoms with Gasteiger partial charge in [0.05, 0.1) is 0 Å². The number of carbonyl (C=O) groups is 1. The molecule has 0 fully saturated rings. The molecule has 3 nitrogen and oxygen atoms in total. The highest BCUT2D eigenvalue weighted by molar-refractivity contribution is 5.92. The average Bonchev–Trinajstić information content (AvgIpc) is 2.67. The van der Waals surface area contributed by atoms with Gasteiger partial charge < -0.3 is 10.1 Å². The van der Waals surface area contributed by atoms with Gasteiger partial charge in [0, 0.05) is 11.6 Å². The molecule has 26 heavy (non-hydrogen) atoms. The van der Waals surface area contributed by atoms with Crippen molar-refractivity contribution in [2.45, 2.75) is 46.0 Å². The fourth-order valence-electron chi connectivity index (χ4n) is 2.82. The first-order valence-corrected chi connectivity index (χ1v) is 9.48. The largest absolute Gasteiger partial charge is 0.457 e. The quantitative estimate of drug-likeness (QED) is 0.388. The molecule has 0 radical (unpaired) electrons. The van der Waals surface area contributed by atoms with Crippen molar-refractivity contribution in [3.63, 3.8) is 0 Å². The molecule has 1 amide bonds. The number of amides is 1. The number of para-hydroxylation sites is 1. The average molecular weight is 351 g/mol. The molecule has 0 bridgehead atoms. The smallest absolute Gasteiger partial charge is 0.227 e. The van der Waals surface area contributed by atoms with Crippen molar-refractivity contribution in [2.24, 2.45) is 5.92 Å². The molecule has 0 saturated carbocycles. The molecule has 2 rings (SSSR count). The molecule has 0 aliphatic heterocycles. The van der Waals surface area contributed by atoms with E-state index in [0.29, 0.717) is 0 Å². The van der Waals surface area contributed by atoms with E-state index in [2.05, 4.69) is 24.4 Å². The monoisotopic (exact) mass is 351 g/mol. The van der Waals surface area contributed by atoms with E-state index in [1.54, 1.807) is 0 Å². The SMILES string of the molecule is CC=CCCCCC(CC)C(=O)Nc1ccc(Oc2ccccc2)cc1. The Balaban J connectivity index is 1.83. The molecule has 0 aliphatic rings. The molecule has 0 heterocycles. The second-order valence-electron chi connectivity index (χ2n) is 6.39. The fraction of sp³-hybridized carbons (Fsp3) is 0.348. The summed E-state index contributed by atoms with van der Waals surface area (Å²) in [5, 5.41) is 3.03. The summed E-state index contributed by atoms with van der Waals surface area (Å²) in [4.78, 5) is 12.5. The van der Waals surface area contributed by atoms with Gasteiger partial charge in [-0.3, -0.25) is 4.79 Å². The first kappa shape index (κ1) is 19.8. The van der Waals surface area contributed by atoms with Crippen LogP contribution >= 0.6 is 0 Å². The van der Waals surface area contributed by atoms with Crippen LogP contribution in [0.25, 0.3) is 0 Å². The molecule has 0 saturated heterocycles. The zero-order chi connectivity index (χ0) is 18.6. The van der Waals surface area contributed by atoms with E-state index in [-0.39, 0.29) is 11.8 Å². The summed E-state index contributed by atoms with van der Waals surface area (Å²) in [6, 6.07) is 17.2. The number of anilines is 1. The highest BCUT2D eigenvalue weighted by atomic mass is 16.5. The Morgan fingerprint density at radius 1 is 1.04 bits per heavy atom. The highest BCUT2D eigenvalue weighted by Crippen LogP contribution is 2.23. The summed E-state index contributed by atoms with van der Waals surface area (Å²) in [7, 11) is 0. The highest BCUT2D eigenvalue weighted by Gasteiger charge is 2.16. The molecule has 1 N–H and O–H groups in total. The predicted molar refractivity (Wildman–Crippen MR) is 109 cm³/mol. The van der Waals surface area contributed by atoms with Crippen LogP contribution in [0.5, 0.6) is 11.5 Å². The number of benzene rings is 2. The molecule has 3 heteroatoms. The van der Waals surface area contributed by atoms with Crippen LogP contribution < -0.4 is 10.1 Å². The maximum atomic E-state index is 12.5. The lowest BCUT2D eigenvalue weighted by molar-refractivity contribution is -0.120. The van der Waals surface area contributed by atoms with E-state index in [1.165, 1.54) is 0 Å². The normalized spacial score (nSPS) is 12.1. The number of carbonyl (C=O) groups excluding carboxylic acids is 1. The van der Waals surface area contributed by atoms with E-state index >= 15 is 0 Å². The number of hydrogen-bond donors (Lipinski definition) is 1. The van der Waals surface area contributed by atoms with Crippen LogP contribution in [-0.4, -0.2) is 5.91 Å². The minimum atomic E-state index is 0.0702. The summed E-state index contributed by atoms with van der Waals surface area (Å²) in [5.74, 6) is 1.73. The van der Waals surface area contributed by atoms with Crippen molar-refractivity contribution < 1.29 is 9.53 Å². The Labute approximate surface area is 157 Å². The zero-order valence-electron chi connectivity index (χ0n) is 15.8. The third kappa shape index (κ3) is 6.75. The Kier molecular flexibility index (Phi) is 8.47. The van der Waals surface area contributed by atoms with Crippen molar-refractivity contribution in [3.8, 4) is 11.5 Å². The van der Waals surface area contributed by atoms with Crippen LogP contribution in [0.2, 0.25) is 0 Å². The molecule has 2 aromatic rings. The van der Waals surface area contributed by atoms with E-state index in [9.17, 15) is 4.79 Å². The van der Waals surface area contributed by atoms with Gasteiger partial charge in [-0.1, -0.05) is 43.7 Å². The number of hydrogen-bond acceptors (Lipinski definition) is 2. The van der Waals surface area contributed by atoms with Crippen LogP contribution in [0.3, 0.4) is 0 Å². The fourth-order valence-corrected chi connectivity index (χ4v) is 2.82. The number of rotatable bonds is 10. The Hall–Kier alpha value is -2.55. The van der Waals surface area contributed by atoms with Crippen molar-refractivity contribution >= 4 is 11.6 Å². The van der Waals surface area contributed by atoms with E-state index in [1.807, 2.05) is 61.5 Å². The van der Waals surface area contributed by atoms with Crippen molar-refractivity contribution in [1.82, 2.24) is 0 Å². The van der Waals surface area contributed by atoms with Gasteiger partial charge in [-0.05, 0) is 69.0 Å². The van der Waals surface area contributed by atoms with Gasteiger partial charge in [0.15, 0.2) is 0 Å². The van der Waals surface area contributed by atoms with E-state index < -0.39 is 0 Å². The first-order chi connectivity index (χ1) is 12.7. The minimum Gasteiger partial charge on any atom is -0.457 e. The van der Waals surface area contributed by atoms with Gasteiger partial charge in [0.2, 0.25) is 5.91 Å². The lowest BCUT2D eigenvalue weighted by Gasteiger charge is -2.15. The molecule has 0 aromatic heterocycles. The maximum absolute atomic E-state index is 12.5. The summed E-state index contributed by atoms with van der Waals surface area (Å²) < 4.78 is 5.77.